The Hall–Kier alpha value is -4.53. The molecule has 4 aromatic rings. The maximum atomic E-state index is 12.6. The predicted octanol–water partition coefficient (Wildman–Crippen LogP) is 3.78. The molecule has 0 aliphatic carbocycles. The van der Waals surface area contributed by atoms with Crippen LogP contribution in [0, 0.1) is 5.92 Å². The fourth-order valence-corrected chi connectivity index (χ4v) is 3.65. The number of ether oxygens (including phenoxy) is 1. The van der Waals surface area contributed by atoms with Crippen LogP contribution < -0.4 is 15.6 Å². The molecule has 1 amide bonds. The van der Waals surface area contributed by atoms with Crippen molar-refractivity contribution in [1.29, 1.82) is 0 Å². The summed E-state index contributed by atoms with van der Waals surface area (Å²) in [5, 5.41) is 20.8. The summed E-state index contributed by atoms with van der Waals surface area (Å²) < 4.78 is 6.84. The number of aliphatic carboxylic acids is 1. The Kier molecular flexibility index (Phi) is 7.69. The zero-order valence-electron chi connectivity index (χ0n) is 19.8. The number of rotatable bonds is 10. The summed E-state index contributed by atoms with van der Waals surface area (Å²) >= 11 is 0. The predicted molar refractivity (Wildman–Crippen MR) is 135 cm³/mol. The minimum absolute atomic E-state index is 0.0828. The van der Waals surface area contributed by atoms with Crippen molar-refractivity contribution in [3.63, 3.8) is 0 Å². The Morgan fingerprint density at radius 3 is 2.44 bits per heavy atom. The summed E-state index contributed by atoms with van der Waals surface area (Å²) in [6.45, 7) is 2.07. The van der Waals surface area contributed by atoms with Crippen molar-refractivity contribution >= 4 is 28.5 Å². The van der Waals surface area contributed by atoms with Gasteiger partial charge in [-0.15, -0.1) is 5.10 Å². The highest BCUT2D eigenvalue weighted by molar-refractivity contribution is 6.04. The average molecular weight is 487 g/mol. The second kappa shape index (κ2) is 11.3. The number of aromatic nitrogens is 3. The monoisotopic (exact) mass is 486 g/mol. The van der Waals surface area contributed by atoms with Gasteiger partial charge in [-0.2, -0.15) is 0 Å². The van der Waals surface area contributed by atoms with Crippen LogP contribution in [0.25, 0.3) is 10.9 Å². The van der Waals surface area contributed by atoms with Crippen LogP contribution in [0.4, 0.5) is 5.69 Å². The summed E-state index contributed by atoms with van der Waals surface area (Å²) in [4.78, 5) is 36.7. The molecule has 184 valence electrons. The minimum atomic E-state index is -1.03. The number of carboxylic acids is 1. The summed E-state index contributed by atoms with van der Waals surface area (Å²) in [6, 6.07) is 21.0. The molecular weight excluding hydrogens is 460 g/mol. The zero-order chi connectivity index (χ0) is 25.5. The molecule has 0 aliphatic heterocycles. The largest absolute Gasteiger partial charge is 0.493 e. The molecule has 0 radical (unpaired) electrons. The lowest BCUT2D eigenvalue weighted by Gasteiger charge is -2.14. The number of aryl methyl sites for hydroxylation is 2. The number of carbonyl (C=O) groups excluding carboxylic acids is 1. The summed E-state index contributed by atoms with van der Waals surface area (Å²) in [6.07, 6.45) is 1.05. The average Bonchev–Trinajstić information content (AvgIpc) is 2.90. The van der Waals surface area contributed by atoms with E-state index in [-0.39, 0.29) is 31.0 Å². The lowest BCUT2D eigenvalue weighted by atomic mass is 10.1. The summed E-state index contributed by atoms with van der Waals surface area (Å²) in [5.41, 5.74) is 2.49. The minimum Gasteiger partial charge on any atom is -0.493 e. The van der Waals surface area contributed by atoms with Gasteiger partial charge in [0.25, 0.3) is 11.5 Å². The summed E-state index contributed by atoms with van der Waals surface area (Å²) in [5.74, 6) is -1.64. The van der Waals surface area contributed by atoms with Gasteiger partial charge < -0.3 is 15.2 Å². The molecule has 4 rings (SSSR count). The molecule has 36 heavy (non-hydrogen) atoms. The van der Waals surface area contributed by atoms with Crippen LogP contribution >= 0.6 is 0 Å². The van der Waals surface area contributed by atoms with Crippen LogP contribution in [0.15, 0.2) is 77.6 Å². The van der Waals surface area contributed by atoms with E-state index in [0.717, 1.165) is 12.0 Å². The van der Waals surface area contributed by atoms with Crippen molar-refractivity contribution in [3.8, 4) is 5.75 Å². The third-order valence-electron chi connectivity index (χ3n) is 5.86. The number of hydrogen-bond donors (Lipinski definition) is 2. The molecule has 9 nitrogen and oxygen atoms in total. The normalized spacial score (nSPS) is 11.7. The first-order chi connectivity index (χ1) is 17.4. The first-order valence-electron chi connectivity index (χ1n) is 11.6. The van der Waals surface area contributed by atoms with Crippen molar-refractivity contribution in [2.24, 2.45) is 5.92 Å². The second-order valence-electron chi connectivity index (χ2n) is 8.30. The number of amides is 1. The van der Waals surface area contributed by atoms with Crippen LogP contribution in [0.5, 0.6) is 5.75 Å². The van der Waals surface area contributed by atoms with Crippen molar-refractivity contribution in [1.82, 2.24) is 15.0 Å². The van der Waals surface area contributed by atoms with E-state index in [1.807, 2.05) is 12.1 Å². The van der Waals surface area contributed by atoms with Gasteiger partial charge in [0, 0.05) is 17.8 Å². The van der Waals surface area contributed by atoms with Crippen molar-refractivity contribution in [2.75, 3.05) is 11.9 Å². The van der Waals surface area contributed by atoms with E-state index in [4.69, 9.17) is 4.74 Å². The first-order valence-corrected chi connectivity index (χ1v) is 11.6. The van der Waals surface area contributed by atoms with Crippen LogP contribution in [0.3, 0.4) is 0 Å². The van der Waals surface area contributed by atoms with Crippen LogP contribution in [0.2, 0.25) is 0 Å². The second-order valence-corrected chi connectivity index (χ2v) is 8.30. The molecule has 3 aromatic carbocycles. The van der Waals surface area contributed by atoms with Crippen molar-refractivity contribution in [3.05, 3.63) is 94.3 Å². The third kappa shape index (κ3) is 5.93. The smallest absolute Gasteiger partial charge is 0.310 e. The van der Waals surface area contributed by atoms with E-state index in [1.165, 1.54) is 4.68 Å². The Labute approximate surface area is 207 Å². The molecule has 0 bridgehead atoms. The highest BCUT2D eigenvalue weighted by Crippen LogP contribution is 2.18. The third-order valence-corrected chi connectivity index (χ3v) is 5.86. The van der Waals surface area contributed by atoms with E-state index in [0.29, 0.717) is 27.9 Å². The Bertz CT molecular complexity index is 1420. The molecule has 0 spiro atoms. The molecule has 9 heteroatoms. The molecule has 2 N–H and O–H groups in total. The molecule has 0 unspecified atom stereocenters. The van der Waals surface area contributed by atoms with E-state index in [9.17, 15) is 19.5 Å². The van der Waals surface area contributed by atoms with Gasteiger partial charge in [0.1, 0.15) is 17.9 Å². The number of carboxylic acid groups (broad SMARTS) is 1. The fraction of sp³-hybridized carbons (Fsp3) is 0.222. The highest BCUT2D eigenvalue weighted by Gasteiger charge is 2.19. The van der Waals surface area contributed by atoms with Gasteiger partial charge in [0.15, 0.2) is 0 Å². The zero-order valence-corrected chi connectivity index (χ0v) is 19.8. The van der Waals surface area contributed by atoms with E-state index in [1.54, 1.807) is 60.7 Å². The fourth-order valence-electron chi connectivity index (χ4n) is 3.65. The van der Waals surface area contributed by atoms with Gasteiger partial charge in [0.05, 0.1) is 11.3 Å². The van der Waals surface area contributed by atoms with E-state index >= 15 is 0 Å². The number of nitrogens with zero attached hydrogens (tertiary/aromatic N) is 3. The van der Waals surface area contributed by atoms with E-state index < -0.39 is 11.9 Å². The molecular formula is C27H26N4O5. The SMILES string of the molecule is CCc1ccc(C(=O)Nc2ccc(OC[C@H](CCn3nnc4ccccc4c3=O)C(=O)O)cc2)cc1. The highest BCUT2D eigenvalue weighted by atomic mass is 16.5. The Morgan fingerprint density at radius 2 is 1.75 bits per heavy atom. The number of carbonyl (C=O) groups is 2. The lowest BCUT2D eigenvalue weighted by molar-refractivity contribution is -0.143. The standard InChI is InChI=1S/C27H26N4O5/c1-2-18-7-9-19(10-8-18)25(32)28-21-11-13-22(14-12-21)36-17-20(27(34)35)15-16-31-26(33)23-5-3-4-6-24(23)29-30-31/h3-14,20H,2,15-17H2,1H3,(H,28,32)(H,34,35)/t20-/m0/s1. The number of benzene rings is 3. The molecule has 0 saturated carbocycles. The van der Waals surface area contributed by atoms with Crippen LogP contribution in [-0.2, 0) is 17.8 Å². The maximum Gasteiger partial charge on any atom is 0.310 e. The number of anilines is 1. The number of fused-ring (bicyclic) bond motifs is 1. The quantitative estimate of drug-likeness (QED) is 0.350. The van der Waals surface area contributed by atoms with Gasteiger partial charge in [-0.3, -0.25) is 14.4 Å². The molecule has 0 fully saturated rings. The van der Waals surface area contributed by atoms with Gasteiger partial charge in [-0.05, 0) is 66.9 Å². The van der Waals surface area contributed by atoms with E-state index in [2.05, 4.69) is 22.6 Å². The number of hydrogen-bond acceptors (Lipinski definition) is 6. The maximum absolute atomic E-state index is 12.6. The molecule has 1 aromatic heterocycles. The first kappa shape index (κ1) is 24.6. The molecule has 1 heterocycles. The van der Waals surface area contributed by atoms with Crippen molar-refractivity contribution in [2.45, 2.75) is 26.3 Å². The van der Waals surface area contributed by atoms with Gasteiger partial charge in [0.2, 0.25) is 0 Å². The van der Waals surface area contributed by atoms with Crippen molar-refractivity contribution < 1.29 is 19.4 Å². The topological polar surface area (TPSA) is 123 Å². The molecule has 0 aliphatic rings. The van der Waals surface area contributed by atoms with Crippen LogP contribution in [-0.4, -0.2) is 38.6 Å². The van der Waals surface area contributed by atoms with Gasteiger partial charge >= 0.3 is 5.97 Å². The van der Waals surface area contributed by atoms with Gasteiger partial charge in [-0.25, -0.2) is 4.68 Å². The molecule has 1 atom stereocenters. The van der Waals surface area contributed by atoms with Gasteiger partial charge in [-0.1, -0.05) is 36.4 Å². The Morgan fingerprint density at radius 1 is 1.03 bits per heavy atom. The molecule has 0 saturated heterocycles. The Balaban J connectivity index is 1.32. The summed E-state index contributed by atoms with van der Waals surface area (Å²) in [7, 11) is 0. The number of nitrogens with one attached hydrogen (secondary N) is 1. The van der Waals surface area contributed by atoms with Crippen LogP contribution in [0.1, 0.15) is 29.3 Å². The lowest BCUT2D eigenvalue weighted by Crippen LogP contribution is -2.28.